The van der Waals surface area contributed by atoms with E-state index in [-0.39, 0.29) is 5.69 Å². The topological polar surface area (TPSA) is 99.6 Å². The molecule has 0 fully saturated rings. The van der Waals surface area contributed by atoms with Crippen LogP contribution in [0.15, 0.2) is 59.9 Å². The molecule has 0 spiro atoms. The molecule has 0 atom stereocenters. The highest BCUT2D eigenvalue weighted by atomic mass is 35.5. The van der Waals surface area contributed by atoms with Gasteiger partial charge in [-0.2, -0.15) is 4.68 Å². The molecule has 0 bridgehead atoms. The van der Waals surface area contributed by atoms with E-state index >= 15 is 0 Å². The second kappa shape index (κ2) is 7.29. The van der Waals surface area contributed by atoms with E-state index in [0.717, 1.165) is 11.3 Å². The summed E-state index contributed by atoms with van der Waals surface area (Å²) < 4.78 is 1.61. The first-order chi connectivity index (χ1) is 13.1. The minimum Gasteiger partial charge on any atom is -0.258 e. The summed E-state index contributed by atoms with van der Waals surface area (Å²) in [4.78, 5) is 18.9. The Morgan fingerprint density at radius 3 is 2.70 bits per heavy atom. The predicted molar refractivity (Wildman–Crippen MR) is 102 cm³/mol. The number of hydrogen-bond acceptors (Lipinski definition) is 7. The van der Waals surface area contributed by atoms with Crippen molar-refractivity contribution in [2.45, 2.75) is 10.8 Å². The average Bonchev–Trinajstić information content (AvgIpc) is 3.11. The molecule has 2 aromatic heterocycles. The molecule has 0 saturated carbocycles. The number of halogens is 1. The molecule has 0 unspecified atom stereocenters. The van der Waals surface area contributed by atoms with E-state index in [4.69, 9.17) is 11.6 Å². The lowest BCUT2D eigenvalue weighted by Crippen LogP contribution is -1.98. The number of nitro benzene ring substituents is 1. The normalized spacial score (nSPS) is 11.0. The van der Waals surface area contributed by atoms with Gasteiger partial charge < -0.3 is 0 Å². The Balaban J connectivity index is 1.60. The van der Waals surface area contributed by atoms with E-state index in [1.165, 1.54) is 30.2 Å². The highest BCUT2D eigenvalue weighted by molar-refractivity contribution is 7.98. The molecule has 0 aliphatic rings. The van der Waals surface area contributed by atoms with Crippen LogP contribution in [0.2, 0.25) is 5.02 Å². The van der Waals surface area contributed by atoms with Crippen LogP contribution in [0.3, 0.4) is 0 Å². The van der Waals surface area contributed by atoms with E-state index in [2.05, 4.69) is 20.3 Å². The van der Waals surface area contributed by atoms with Crippen molar-refractivity contribution in [1.82, 2.24) is 25.0 Å². The van der Waals surface area contributed by atoms with Gasteiger partial charge in [0.1, 0.15) is 11.4 Å². The van der Waals surface area contributed by atoms with Crippen LogP contribution in [-0.2, 0) is 5.75 Å². The van der Waals surface area contributed by atoms with Gasteiger partial charge in [0.05, 0.1) is 10.6 Å². The summed E-state index contributed by atoms with van der Waals surface area (Å²) in [5.74, 6) is 0.591. The third kappa shape index (κ3) is 3.60. The molecule has 8 nitrogen and oxygen atoms in total. The zero-order valence-corrected chi connectivity index (χ0v) is 15.3. The van der Waals surface area contributed by atoms with E-state index in [1.54, 1.807) is 28.9 Å². The molecule has 4 aromatic rings. The zero-order valence-electron chi connectivity index (χ0n) is 13.7. The summed E-state index contributed by atoms with van der Waals surface area (Å²) in [6.07, 6.45) is 1.46. The lowest BCUT2D eigenvalue weighted by molar-refractivity contribution is -0.384. The minimum atomic E-state index is -0.418. The number of non-ortho nitro benzene ring substituents is 1. The van der Waals surface area contributed by atoms with Gasteiger partial charge in [-0.3, -0.25) is 10.1 Å². The molecule has 10 heteroatoms. The van der Waals surface area contributed by atoms with Gasteiger partial charge in [0.15, 0.2) is 11.2 Å². The maximum Gasteiger partial charge on any atom is 0.269 e. The number of thioether (sulfide) groups is 1. The largest absolute Gasteiger partial charge is 0.269 e. The number of aromatic nitrogens is 5. The number of rotatable bonds is 5. The fourth-order valence-corrected chi connectivity index (χ4v) is 3.55. The number of hydrogen-bond donors (Lipinski definition) is 0. The first kappa shape index (κ1) is 17.4. The Morgan fingerprint density at radius 1 is 1.15 bits per heavy atom. The third-order valence-electron chi connectivity index (χ3n) is 3.78. The van der Waals surface area contributed by atoms with Crippen molar-refractivity contribution in [3.05, 3.63) is 75.6 Å². The lowest BCUT2D eigenvalue weighted by atomic mass is 10.2. The molecule has 4 rings (SSSR count). The van der Waals surface area contributed by atoms with Gasteiger partial charge >= 0.3 is 0 Å². The molecular formula is C17H11ClN6O2S. The highest BCUT2D eigenvalue weighted by Crippen LogP contribution is 2.27. The number of nitro groups is 1. The van der Waals surface area contributed by atoms with E-state index in [1.807, 2.05) is 12.1 Å². The van der Waals surface area contributed by atoms with Crippen molar-refractivity contribution >= 4 is 40.2 Å². The zero-order chi connectivity index (χ0) is 18.8. The van der Waals surface area contributed by atoms with Gasteiger partial charge in [-0.15, -0.1) is 5.10 Å². The first-order valence-corrected chi connectivity index (χ1v) is 9.16. The van der Waals surface area contributed by atoms with Gasteiger partial charge in [0, 0.05) is 22.9 Å². The van der Waals surface area contributed by atoms with Gasteiger partial charge in [0.2, 0.25) is 0 Å². The minimum absolute atomic E-state index is 0.0673. The molecule has 27 heavy (non-hydrogen) atoms. The fourth-order valence-electron chi connectivity index (χ4n) is 2.48. The molecule has 134 valence electrons. The molecule has 0 radical (unpaired) electrons. The summed E-state index contributed by atoms with van der Waals surface area (Å²) in [6.45, 7) is 0. The van der Waals surface area contributed by atoms with Crippen molar-refractivity contribution in [1.29, 1.82) is 0 Å². The maximum absolute atomic E-state index is 10.7. The molecule has 2 aromatic carbocycles. The van der Waals surface area contributed by atoms with Gasteiger partial charge in [-0.1, -0.05) is 46.8 Å². The Labute approximate surface area is 162 Å². The lowest BCUT2D eigenvalue weighted by Gasteiger charge is -2.03. The quantitative estimate of drug-likeness (QED) is 0.216. The molecule has 0 N–H and O–H groups in total. The van der Waals surface area contributed by atoms with Crippen LogP contribution in [0.5, 0.6) is 0 Å². The van der Waals surface area contributed by atoms with E-state index in [0.29, 0.717) is 27.0 Å². The highest BCUT2D eigenvalue weighted by Gasteiger charge is 2.14. The molecule has 0 amide bonds. The maximum atomic E-state index is 10.7. The molecule has 2 heterocycles. The van der Waals surface area contributed by atoms with Gasteiger partial charge in [0.25, 0.3) is 5.69 Å². The summed E-state index contributed by atoms with van der Waals surface area (Å²) in [7, 11) is 0. The Bertz CT molecular complexity index is 1130. The fraction of sp³-hybridized carbons (Fsp3) is 0.0588. The SMILES string of the molecule is O=[N+]([O-])c1ccc(CSc2ncnc3c2nnn3-c2cccc(Cl)c2)cc1. The third-order valence-corrected chi connectivity index (χ3v) is 5.06. The molecule has 0 aliphatic heterocycles. The number of fused-ring (bicyclic) bond motifs is 1. The second-order valence-corrected chi connectivity index (χ2v) is 6.94. The van der Waals surface area contributed by atoms with Crippen molar-refractivity contribution < 1.29 is 4.92 Å². The summed E-state index contributed by atoms with van der Waals surface area (Å²) in [5, 5.41) is 20.4. The van der Waals surface area contributed by atoms with Crippen LogP contribution >= 0.6 is 23.4 Å². The second-order valence-electron chi connectivity index (χ2n) is 5.54. The monoisotopic (exact) mass is 398 g/mol. The summed E-state index contributed by atoms with van der Waals surface area (Å²) >= 11 is 7.52. The number of nitrogens with zero attached hydrogens (tertiary/aromatic N) is 6. The summed E-state index contributed by atoms with van der Waals surface area (Å²) in [5.41, 5.74) is 2.94. The van der Waals surface area contributed by atoms with Crippen molar-refractivity contribution in [2.75, 3.05) is 0 Å². The van der Waals surface area contributed by atoms with E-state index < -0.39 is 4.92 Å². The Morgan fingerprint density at radius 2 is 1.96 bits per heavy atom. The average molecular weight is 399 g/mol. The first-order valence-electron chi connectivity index (χ1n) is 7.80. The van der Waals surface area contributed by atoms with Crippen molar-refractivity contribution in [3.8, 4) is 5.69 Å². The van der Waals surface area contributed by atoms with Crippen molar-refractivity contribution in [3.63, 3.8) is 0 Å². The van der Waals surface area contributed by atoms with Crippen LogP contribution in [0.1, 0.15) is 5.56 Å². The van der Waals surface area contributed by atoms with Crippen LogP contribution < -0.4 is 0 Å². The molecular weight excluding hydrogens is 388 g/mol. The Hall–Kier alpha value is -3.04. The van der Waals surface area contributed by atoms with Crippen LogP contribution in [0.25, 0.3) is 16.9 Å². The number of benzene rings is 2. The van der Waals surface area contributed by atoms with Gasteiger partial charge in [-0.05, 0) is 23.8 Å². The summed E-state index contributed by atoms with van der Waals surface area (Å²) in [6, 6.07) is 13.7. The van der Waals surface area contributed by atoms with Crippen LogP contribution in [-0.4, -0.2) is 29.9 Å². The van der Waals surface area contributed by atoms with E-state index in [9.17, 15) is 10.1 Å². The van der Waals surface area contributed by atoms with Gasteiger partial charge in [-0.25, -0.2) is 9.97 Å². The Kier molecular flexibility index (Phi) is 4.69. The molecule has 0 saturated heterocycles. The molecule has 0 aliphatic carbocycles. The standard InChI is InChI=1S/C17H11ClN6O2S/c18-12-2-1-3-14(8-12)23-16-15(21-22-23)17(20-10-19-16)27-9-11-4-6-13(7-5-11)24(25)26/h1-8,10H,9H2. The predicted octanol–water partition coefficient (Wildman–Crippen LogP) is 4.06. The van der Waals surface area contributed by atoms with Crippen LogP contribution in [0, 0.1) is 10.1 Å². The van der Waals surface area contributed by atoms with Crippen LogP contribution in [0.4, 0.5) is 5.69 Å². The van der Waals surface area contributed by atoms with Crippen molar-refractivity contribution in [2.24, 2.45) is 0 Å². The smallest absolute Gasteiger partial charge is 0.258 e.